The third-order valence-corrected chi connectivity index (χ3v) is 6.82. The number of rotatable bonds is 8. The number of para-hydroxylation sites is 1. The Kier molecular flexibility index (Phi) is 7.31. The molecule has 0 bridgehead atoms. The topological polar surface area (TPSA) is 39.3 Å². The van der Waals surface area contributed by atoms with E-state index in [1.807, 2.05) is 24.3 Å². The second-order valence-corrected chi connectivity index (χ2v) is 9.55. The molecule has 0 aliphatic carbocycles. The molecule has 1 atom stereocenters. The largest absolute Gasteiger partial charge is 0.351 e. The van der Waals surface area contributed by atoms with Crippen LogP contribution in [0, 0.1) is 5.92 Å². The lowest BCUT2D eigenvalue weighted by Gasteiger charge is -2.37. The quantitative estimate of drug-likeness (QED) is 0.509. The number of piperidine rings is 1. The summed E-state index contributed by atoms with van der Waals surface area (Å²) in [7, 11) is 0. The molecule has 4 heteroatoms. The van der Waals surface area contributed by atoms with Gasteiger partial charge in [-0.05, 0) is 75.3 Å². The predicted molar refractivity (Wildman–Crippen MR) is 133 cm³/mol. The number of amides is 1. The highest BCUT2D eigenvalue weighted by Gasteiger charge is 2.27. The fourth-order valence-corrected chi connectivity index (χ4v) is 4.95. The number of carbonyl (C=O) groups is 1. The lowest BCUT2D eigenvalue weighted by Crippen LogP contribution is -2.45. The molecule has 32 heavy (non-hydrogen) atoms. The molecule has 1 aliphatic heterocycles. The van der Waals surface area contributed by atoms with E-state index < -0.39 is 0 Å². The number of H-pyrrole nitrogens is 1. The molecule has 1 fully saturated rings. The number of fused-ring (bicyclic) bond motifs is 1. The van der Waals surface area contributed by atoms with Crippen molar-refractivity contribution < 1.29 is 4.79 Å². The standard InChI is InChI=1S/C28H37N3O/c1-4-22-9-7-10-23(17-22)14-16-30-15-8-11-24(19-30)20-31(21(2)3)28(32)27-18-25-12-5-6-13-26(25)29-27/h5-7,9-10,12-13,17-18,21,24,29H,4,8,11,14-16,19-20H2,1-3H3. The number of hydrogen-bond donors (Lipinski definition) is 1. The van der Waals surface area contributed by atoms with Crippen LogP contribution in [0.3, 0.4) is 0 Å². The fraction of sp³-hybridized carbons (Fsp3) is 0.464. The minimum absolute atomic E-state index is 0.115. The molecule has 1 amide bonds. The Hall–Kier alpha value is -2.59. The summed E-state index contributed by atoms with van der Waals surface area (Å²) in [6, 6.07) is 19.3. The number of nitrogens with zero attached hydrogens (tertiary/aromatic N) is 2. The van der Waals surface area contributed by atoms with E-state index >= 15 is 0 Å². The maximum Gasteiger partial charge on any atom is 0.270 e. The van der Waals surface area contributed by atoms with E-state index in [0.29, 0.717) is 11.6 Å². The van der Waals surface area contributed by atoms with Crippen LogP contribution in [0.15, 0.2) is 54.6 Å². The monoisotopic (exact) mass is 431 g/mol. The Bertz CT molecular complexity index is 1000. The minimum Gasteiger partial charge on any atom is -0.351 e. The van der Waals surface area contributed by atoms with E-state index in [1.165, 1.54) is 30.5 Å². The van der Waals surface area contributed by atoms with Crippen molar-refractivity contribution in [2.24, 2.45) is 5.92 Å². The Labute approximate surface area is 192 Å². The van der Waals surface area contributed by atoms with E-state index in [-0.39, 0.29) is 11.9 Å². The summed E-state index contributed by atoms with van der Waals surface area (Å²) < 4.78 is 0. The van der Waals surface area contributed by atoms with Crippen LogP contribution < -0.4 is 0 Å². The lowest BCUT2D eigenvalue weighted by molar-refractivity contribution is 0.0611. The number of aryl methyl sites for hydroxylation is 1. The van der Waals surface area contributed by atoms with Gasteiger partial charge < -0.3 is 14.8 Å². The zero-order valence-corrected chi connectivity index (χ0v) is 19.8. The molecule has 2 aromatic carbocycles. The van der Waals surface area contributed by atoms with Crippen LogP contribution in [0.2, 0.25) is 0 Å². The third kappa shape index (κ3) is 5.42. The summed E-state index contributed by atoms with van der Waals surface area (Å²) in [5.41, 5.74) is 4.57. The minimum atomic E-state index is 0.115. The molecular weight excluding hydrogens is 394 g/mol. The average Bonchev–Trinajstić information content (AvgIpc) is 3.25. The normalized spacial score (nSPS) is 17.2. The van der Waals surface area contributed by atoms with Crippen LogP contribution in [0.25, 0.3) is 10.9 Å². The number of aromatic amines is 1. The first-order chi connectivity index (χ1) is 15.5. The van der Waals surface area contributed by atoms with E-state index in [9.17, 15) is 4.79 Å². The van der Waals surface area contributed by atoms with Gasteiger partial charge in [0.15, 0.2) is 0 Å². The molecule has 1 unspecified atom stereocenters. The Morgan fingerprint density at radius 3 is 2.72 bits per heavy atom. The maximum absolute atomic E-state index is 13.4. The molecular formula is C28H37N3O. The van der Waals surface area contributed by atoms with Crippen molar-refractivity contribution >= 4 is 16.8 Å². The SMILES string of the molecule is CCc1cccc(CCN2CCCC(CN(C(=O)c3cc4ccccc4[nH]3)C(C)C)C2)c1. The second-order valence-electron chi connectivity index (χ2n) is 9.55. The van der Waals surface area contributed by atoms with E-state index in [4.69, 9.17) is 0 Å². The highest BCUT2D eigenvalue weighted by molar-refractivity contribution is 5.98. The van der Waals surface area contributed by atoms with Gasteiger partial charge in [-0.3, -0.25) is 4.79 Å². The molecule has 1 aliphatic rings. The summed E-state index contributed by atoms with van der Waals surface area (Å²) >= 11 is 0. The van der Waals surface area contributed by atoms with Gasteiger partial charge in [-0.1, -0.05) is 49.4 Å². The van der Waals surface area contributed by atoms with Crippen molar-refractivity contribution in [1.29, 1.82) is 0 Å². The van der Waals surface area contributed by atoms with Crippen molar-refractivity contribution in [3.63, 3.8) is 0 Å². The Morgan fingerprint density at radius 1 is 1.12 bits per heavy atom. The van der Waals surface area contributed by atoms with Crippen molar-refractivity contribution in [2.75, 3.05) is 26.2 Å². The summed E-state index contributed by atoms with van der Waals surface area (Å²) in [5.74, 6) is 0.645. The van der Waals surface area contributed by atoms with E-state index in [0.717, 1.165) is 43.4 Å². The maximum atomic E-state index is 13.4. The Balaban J connectivity index is 1.37. The second kappa shape index (κ2) is 10.4. The van der Waals surface area contributed by atoms with Gasteiger partial charge in [-0.25, -0.2) is 0 Å². The predicted octanol–water partition coefficient (Wildman–Crippen LogP) is 5.54. The van der Waals surface area contributed by atoms with Gasteiger partial charge >= 0.3 is 0 Å². The zero-order valence-electron chi connectivity index (χ0n) is 19.8. The van der Waals surface area contributed by atoms with Gasteiger partial charge in [0.05, 0.1) is 0 Å². The molecule has 3 aromatic rings. The molecule has 4 rings (SSSR count). The Morgan fingerprint density at radius 2 is 1.94 bits per heavy atom. The van der Waals surface area contributed by atoms with E-state index in [1.54, 1.807) is 0 Å². The van der Waals surface area contributed by atoms with Gasteiger partial charge in [-0.15, -0.1) is 0 Å². The molecule has 1 N–H and O–H groups in total. The number of aromatic nitrogens is 1. The molecule has 1 saturated heterocycles. The van der Waals surface area contributed by atoms with Crippen LogP contribution in [-0.2, 0) is 12.8 Å². The number of nitrogens with one attached hydrogen (secondary N) is 1. The van der Waals surface area contributed by atoms with Crippen LogP contribution in [0.5, 0.6) is 0 Å². The zero-order chi connectivity index (χ0) is 22.5. The smallest absolute Gasteiger partial charge is 0.270 e. The number of likely N-dealkylation sites (tertiary alicyclic amines) is 1. The number of hydrogen-bond acceptors (Lipinski definition) is 2. The molecule has 0 radical (unpaired) electrons. The fourth-order valence-electron chi connectivity index (χ4n) is 4.95. The first-order valence-corrected chi connectivity index (χ1v) is 12.2. The third-order valence-electron chi connectivity index (χ3n) is 6.82. The van der Waals surface area contributed by atoms with Crippen LogP contribution in [0.4, 0.5) is 0 Å². The molecule has 0 spiro atoms. The van der Waals surface area contributed by atoms with Crippen LogP contribution >= 0.6 is 0 Å². The molecule has 4 nitrogen and oxygen atoms in total. The van der Waals surface area contributed by atoms with Crippen LogP contribution in [-0.4, -0.2) is 52.9 Å². The van der Waals surface area contributed by atoms with Gasteiger partial charge in [0, 0.05) is 36.6 Å². The number of carbonyl (C=O) groups excluding carboxylic acids is 1. The first kappa shape index (κ1) is 22.6. The summed E-state index contributed by atoms with van der Waals surface area (Å²) in [5, 5.41) is 1.09. The molecule has 1 aromatic heterocycles. The van der Waals surface area contributed by atoms with Crippen molar-refractivity contribution in [1.82, 2.24) is 14.8 Å². The summed E-state index contributed by atoms with van der Waals surface area (Å²) in [6.45, 7) is 10.6. The first-order valence-electron chi connectivity index (χ1n) is 12.2. The molecule has 2 heterocycles. The van der Waals surface area contributed by atoms with Crippen molar-refractivity contribution in [3.05, 3.63) is 71.4 Å². The van der Waals surface area contributed by atoms with Gasteiger partial charge in [0.2, 0.25) is 0 Å². The van der Waals surface area contributed by atoms with Gasteiger partial charge in [0.1, 0.15) is 5.69 Å². The van der Waals surface area contributed by atoms with Gasteiger partial charge in [0.25, 0.3) is 5.91 Å². The van der Waals surface area contributed by atoms with Gasteiger partial charge in [-0.2, -0.15) is 0 Å². The number of benzene rings is 2. The highest BCUT2D eigenvalue weighted by Crippen LogP contribution is 2.22. The lowest BCUT2D eigenvalue weighted by atomic mass is 9.96. The summed E-state index contributed by atoms with van der Waals surface area (Å²) in [4.78, 5) is 21.3. The molecule has 0 saturated carbocycles. The summed E-state index contributed by atoms with van der Waals surface area (Å²) in [6.07, 6.45) is 4.61. The molecule has 170 valence electrons. The average molecular weight is 432 g/mol. The van der Waals surface area contributed by atoms with Crippen molar-refractivity contribution in [3.8, 4) is 0 Å². The van der Waals surface area contributed by atoms with Crippen molar-refractivity contribution in [2.45, 2.75) is 52.5 Å². The van der Waals surface area contributed by atoms with Crippen LogP contribution in [0.1, 0.15) is 55.2 Å². The highest BCUT2D eigenvalue weighted by atomic mass is 16.2. The van der Waals surface area contributed by atoms with E-state index in [2.05, 4.69) is 65.9 Å².